The Hall–Kier alpha value is -0.130. The van der Waals surface area contributed by atoms with Gasteiger partial charge in [-0.25, -0.2) is 0 Å². The summed E-state index contributed by atoms with van der Waals surface area (Å²) in [6.45, 7) is 0.763. The minimum Gasteiger partial charge on any atom is -0.330 e. The predicted octanol–water partition coefficient (Wildman–Crippen LogP) is 2.42. The van der Waals surface area contributed by atoms with Gasteiger partial charge in [-0.2, -0.15) is 0 Å². The zero-order chi connectivity index (χ0) is 10.4. The fourth-order valence-electron chi connectivity index (χ4n) is 1.41. The zero-order valence-corrected chi connectivity index (χ0v) is 10.4. The molecule has 0 amide bonds. The third kappa shape index (κ3) is 3.94. The third-order valence-electron chi connectivity index (χ3n) is 2.25. The van der Waals surface area contributed by atoms with Crippen LogP contribution in [0.5, 0.6) is 0 Å². The highest BCUT2D eigenvalue weighted by Crippen LogP contribution is 2.18. The van der Waals surface area contributed by atoms with Gasteiger partial charge < -0.3 is 11.5 Å². The molecule has 0 bridgehead atoms. The third-order valence-corrected chi connectivity index (χ3v) is 2.92. The van der Waals surface area contributed by atoms with Gasteiger partial charge in [0.15, 0.2) is 0 Å². The molecule has 0 aromatic heterocycles. The van der Waals surface area contributed by atoms with Gasteiger partial charge in [0.25, 0.3) is 0 Å². The summed E-state index contributed by atoms with van der Waals surface area (Å²) in [6, 6.07) is 8.54. The Morgan fingerprint density at radius 1 is 1.29 bits per heavy atom. The molecule has 2 nitrogen and oxygen atoms in total. The van der Waals surface area contributed by atoms with Gasteiger partial charge in [0, 0.05) is 9.61 Å². The normalized spacial score (nSPS) is 12.8. The maximum absolute atomic E-state index is 6.06. The molecule has 1 rings (SSSR count). The molecule has 0 aliphatic carbocycles. The van der Waals surface area contributed by atoms with E-state index in [2.05, 4.69) is 46.9 Å². The van der Waals surface area contributed by atoms with Crippen molar-refractivity contribution in [1.82, 2.24) is 0 Å². The molecule has 0 aliphatic rings. The summed E-state index contributed by atoms with van der Waals surface area (Å²) in [4.78, 5) is 0. The van der Waals surface area contributed by atoms with E-state index < -0.39 is 0 Å². The Balaban J connectivity index is 2.47. The molecule has 0 heterocycles. The van der Waals surface area contributed by atoms with Gasteiger partial charge in [-0.3, -0.25) is 0 Å². The van der Waals surface area contributed by atoms with Gasteiger partial charge in [-0.1, -0.05) is 18.6 Å². The number of hydrogen-bond donors (Lipinski definition) is 2. The van der Waals surface area contributed by atoms with Gasteiger partial charge in [-0.15, -0.1) is 0 Å². The standard InChI is InChI=1S/C11H17IN2/c12-10-5-3-4-9(8-10)11(14)6-1-2-7-13/h3-5,8,11H,1-2,6-7,13-14H2/t11-/m1/s1. The first-order valence-corrected chi connectivity index (χ1v) is 6.03. The maximum Gasteiger partial charge on any atom is 0.0295 e. The molecular weight excluding hydrogens is 287 g/mol. The maximum atomic E-state index is 6.06. The van der Waals surface area contributed by atoms with Crippen molar-refractivity contribution in [3.8, 4) is 0 Å². The summed E-state index contributed by atoms with van der Waals surface area (Å²) in [5, 5.41) is 0. The Labute approximate surface area is 99.2 Å². The van der Waals surface area contributed by atoms with Crippen LogP contribution in [0.2, 0.25) is 0 Å². The average molecular weight is 304 g/mol. The van der Waals surface area contributed by atoms with E-state index in [0.717, 1.165) is 25.8 Å². The molecule has 0 radical (unpaired) electrons. The van der Waals surface area contributed by atoms with E-state index in [9.17, 15) is 0 Å². The second-order valence-electron chi connectivity index (χ2n) is 3.45. The number of rotatable bonds is 5. The van der Waals surface area contributed by atoms with E-state index in [1.807, 2.05) is 0 Å². The Morgan fingerprint density at radius 2 is 2.07 bits per heavy atom. The number of hydrogen-bond acceptors (Lipinski definition) is 2. The molecule has 4 N–H and O–H groups in total. The number of nitrogens with two attached hydrogens (primary N) is 2. The van der Waals surface area contributed by atoms with E-state index in [1.54, 1.807) is 0 Å². The van der Waals surface area contributed by atoms with Gasteiger partial charge >= 0.3 is 0 Å². The summed E-state index contributed by atoms with van der Waals surface area (Å²) in [6.07, 6.45) is 3.21. The quantitative estimate of drug-likeness (QED) is 0.648. The molecule has 3 heteroatoms. The van der Waals surface area contributed by atoms with Crippen molar-refractivity contribution in [1.29, 1.82) is 0 Å². The molecule has 14 heavy (non-hydrogen) atoms. The highest BCUT2D eigenvalue weighted by atomic mass is 127. The lowest BCUT2D eigenvalue weighted by Crippen LogP contribution is -2.11. The molecule has 0 aliphatic heterocycles. The van der Waals surface area contributed by atoms with Crippen LogP contribution in [-0.2, 0) is 0 Å². The first-order chi connectivity index (χ1) is 6.74. The van der Waals surface area contributed by atoms with Crippen molar-refractivity contribution >= 4 is 22.6 Å². The minimum absolute atomic E-state index is 0.163. The summed E-state index contributed by atoms with van der Waals surface area (Å²) in [5.41, 5.74) is 12.7. The average Bonchev–Trinajstić information content (AvgIpc) is 2.18. The molecule has 78 valence electrons. The largest absolute Gasteiger partial charge is 0.330 e. The highest BCUT2D eigenvalue weighted by Gasteiger charge is 2.05. The lowest BCUT2D eigenvalue weighted by molar-refractivity contribution is 0.591. The highest BCUT2D eigenvalue weighted by molar-refractivity contribution is 14.1. The van der Waals surface area contributed by atoms with Crippen LogP contribution in [0.25, 0.3) is 0 Å². The predicted molar refractivity (Wildman–Crippen MR) is 69.0 cm³/mol. The van der Waals surface area contributed by atoms with Crippen molar-refractivity contribution in [2.45, 2.75) is 25.3 Å². The number of unbranched alkanes of at least 4 members (excludes halogenated alkanes) is 1. The van der Waals surface area contributed by atoms with E-state index >= 15 is 0 Å². The molecule has 0 fully saturated rings. The van der Waals surface area contributed by atoms with Gasteiger partial charge in [0.2, 0.25) is 0 Å². The van der Waals surface area contributed by atoms with Gasteiger partial charge in [-0.05, 0) is 59.7 Å². The zero-order valence-electron chi connectivity index (χ0n) is 8.25. The van der Waals surface area contributed by atoms with E-state index in [4.69, 9.17) is 11.5 Å². The first-order valence-electron chi connectivity index (χ1n) is 4.95. The van der Waals surface area contributed by atoms with Crippen LogP contribution in [0.3, 0.4) is 0 Å². The lowest BCUT2D eigenvalue weighted by atomic mass is 10.0. The van der Waals surface area contributed by atoms with Crippen LogP contribution < -0.4 is 11.5 Å². The van der Waals surface area contributed by atoms with Crippen LogP contribution in [0, 0.1) is 3.57 Å². The molecule has 1 aromatic rings. The fraction of sp³-hybridized carbons (Fsp3) is 0.455. The summed E-state index contributed by atoms with van der Waals surface area (Å²) >= 11 is 2.31. The summed E-state index contributed by atoms with van der Waals surface area (Å²) < 4.78 is 1.24. The SMILES string of the molecule is NCCCC[C@@H](N)c1cccc(I)c1. The van der Waals surface area contributed by atoms with E-state index in [0.29, 0.717) is 0 Å². The molecule has 1 aromatic carbocycles. The summed E-state index contributed by atoms with van der Waals surface area (Å²) in [5.74, 6) is 0. The Morgan fingerprint density at radius 3 is 2.71 bits per heavy atom. The van der Waals surface area contributed by atoms with Crippen LogP contribution in [0.4, 0.5) is 0 Å². The van der Waals surface area contributed by atoms with Crippen molar-refractivity contribution < 1.29 is 0 Å². The number of benzene rings is 1. The van der Waals surface area contributed by atoms with Crippen molar-refractivity contribution in [3.63, 3.8) is 0 Å². The topological polar surface area (TPSA) is 52.0 Å². The van der Waals surface area contributed by atoms with Gasteiger partial charge in [0.05, 0.1) is 0 Å². The number of halogens is 1. The Kier molecular flexibility index (Phi) is 5.44. The molecular formula is C11H17IN2. The molecule has 0 saturated heterocycles. The first kappa shape index (κ1) is 11.9. The molecule has 0 spiro atoms. The second kappa shape index (κ2) is 6.37. The van der Waals surface area contributed by atoms with Crippen molar-refractivity contribution in [2.24, 2.45) is 11.5 Å². The summed E-state index contributed by atoms with van der Waals surface area (Å²) in [7, 11) is 0. The second-order valence-corrected chi connectivity index (χ2v) is 4.69. The van der Waals surface area contributed by atoms with E-state index in [1.165, 1.54) is 9.13 Å². The van der Waals surface area contributed by atoms with E-state index in [-0.39, 0.29) is 6.04 Å². The minimum atomic E-state index is 0.163. The lowest BCUT2D eigenvalue weighted by Gasteiger charge is -2.11. The van der Waals surface area contributed by atoms with Crippen LogP contribution >= 0.6 is 22.6 Å². The molecule has 0 saturated carbocycles. The van der Waals surface area contributed by atoms with Crippen molar-refractivity contribution in [2.75, 3.05) is 6.54 Å². The fourth-order valence-corrected chi connectivity index (χ4v) is 1.98. The Bertz CT molecular complexity index is 276. The molecule has 0 unspecified atom stereocenters. The molecule has 1 atom stereocenters. The van der Waals surface area contributed by atoms with Crippen molar-refractivity contribution in [3.05, 3.63) is 33.4 Å². The van der Waals surface area contributed by atoms with Crippen LogP contribution in [0.1, 0.15) is 30.9 Å². The monoisotopic (exact) mass is 304 g/mol. The van der Waals surface area contributed by atoms with Crippen LogP contribution in [0.15, 0.2) is 24.3 Å². The van der Waals surface area contributed by atoms with Gasteiger partial charge in [0.1, 0.15) is 0 Å². The smallest absolute Gasteiger partial charge is 0.0295 e. The van der Waals surface area contributed by atoms with Crippen LogP contribution in [-0.4, -0.2) is 6.54 Å².